The fourth-order valence-corrected chi connectivity index (χ4v) is 11.5. The van der Waals surface area contributed by atoms with Crippen molar-refractivity contribution in [1.82, 2.24) is 67.9 Å². The Labute approximate surface area is 510 Å². The molecule has 2 aromatic rings. The van der Waals surface area contributed by atoms with E-state index in [2.05, 4.69) is 224 Å². The van der Waals surface area contributed by atoms with Gasteiger partial charge in [0.15, 0.2) is 0 Å². The molecule has 4 saturated carbocycles. The molecule has 0 aromatic carbocycles. The van der Waals surface area contributed by atoms with Crippen LogP contribution < -0.4 is 9.13 Å². The van der Waals surface area contributed by atoms with Gasteiger partial charge >= 0.3 is 71.0 Å². The van der Waals surface area contributed by atoms with Gasteiger partial charge in [-0.3, -0.25) is 0 Å². The number of hydrogen-bond donors (Lipinski definition) is 0. The van der Waals surface area contributed by atoms with Crippen LogP contribution in [-0.4, -0.2) is 126 Å². The van der Waals surface area contributed by atoms with E-state index in [9.17, 15) is 0 Å². The Bertz CT molecular complexity index is 1900. The Morgan fingerprint density at radius 3 is 0.857 bits per heavy atom. The summed E-state index contributed by atoms with van der Waals surface area (Å²) < 4.78 is 8.31. The molecule has 8 heterocycles. The van der Waals surface area contributed by atoms with Gasteiger partial charge in [0.1, 0.15) is 24.8 Å². The summed E-state index contributed by atoms with van der Waals surface area (Å²) >= 11 is 5.30. The number of nitrogens with zero attached hydrogens (tertiary/aromatic N) is 16. The quantitative estimate of drug-likeness (QED) is 0.116. The number of imidazole rings is 2. The second-order valence-corrected chi connectivity index (χ2v) is 38.2. The van der Waals surface area contributed by atoms with Gasteiger partial charge < -0.3 is 58.8 Å². The second-order valence-electron chi connectivity index (χ2n) is 21.7. The maximum absolute atomic E-state index is 2.43. The summed E-state index contributed by atoms with van der Waals surface area (Å²) in [5.41, 5.74) is 0. The number of rotatable bonds is 12. The molecule has 0 N–H and O–H groups in total. The van der Waals surface area contributed by atoms with Crippen molar-refractivity contribution in [2.24, 2.45) is 14.1 Å². The zero-order valence-corrected chi connectivity index (χ0v) is 54.5. The molecular weight excluding hydrogens is 1550 g/mol. The SMILES string of the molecule is C.C1=CN(C2CCCCC2)[CH-]N1CN1C=CN(C2CCCCC2)[CH-]1.C1=CN(C2CCCCC2)[CH-]N1CN1C=CN(C2CCCCC2)[CH-]1.CN1C=CN(CN2C=CN(C)[CH-]2)[CH-]1.C[n+]1ccn(Cn2cc[n+](C)c2)c1.[I][Pt+2][I].[Pt+4]. The van der Waals surface area contributed by atoms with Crippen LogP contribution in [0.4, 0.5) is 0 Å². The van der Waals surface area contributed by atoms with Crippen LogP contribution >= 0.6 is 38.7 Å². The molecule has 0 saturated heterocycles. The van der Waals surface area contributed by atoms with Crippen molar-refractivity contribution >= 4 is 38.7 Å². The molecule has 4 aliphatic carbocycles. The first kappa shape index (κ1) is 63.5. The van der Waals surface area contributed by atoms with Gasteiger partial charge in [-0.2, -0.15) is 49.1 Å². The summed E-state index contributed by atoms with van der Waals surface area (Å²) in [5, 5.41) is 0. The van der Waals surface area contributed by atoms with Crippen molar-refractivity contribution < 1.29 is 41.4 Å². The molecule has 12 rings (SSSR count). The molecule has 0 atom stereocenters. The summed E-state index contributed by atoms with van der Waals surface area (Å²) in [4.78, 5) is 27.2. The summed E-state index contributed by atoms with van der Waals surface area (Å²) in [6.07, 6.45) is 66.0. The zero-order valence-electron chi connectivity index (χ0n) is 45.7. The van der Waals surface area contributed by atoms with Crippen LogP contribution in [0.1, 0.15) is 136 Å². The minimum absolute atomic E-state index is 0. The number of hydrogen-bond acceptors (Lipinski definition) is 12. The van der Waals surface area contributed by atoms with Gasteiger partial charge in [0.05, 0.1) is 14.1 Å². The van der Waals surface area contributed by atoms with E-state index in [1.807, 2.05) is 71.9 Å². The molecule has 20 heteroatoms. The minimum Gasteiger partial charge on any atom is 4.00 e. The van der Waals surface area contributed by atoms with E-state index in [0.717, 1.165) is 50.8 Å². The van der Waals surface area contributed by atoms with Crippen LogP contribution in [0.25, 0.3) is 0 Å². The average Bonchev–Trinajstić information content (AvgIpc) is 4.30. The third-order valence-corrected chi connectivity index (χ3v) is 15.4. The molecule has 0 unspecified atom stereocenters. The molecule has 77 heavy (non-hydrogen) atoms. The van der Waals surface area contributed by atoms with Crippen LogP contribution in [0.2, 0.25) is 0 Å². The van der Waals surface area contributed by atoms with Crippen LogP contribution in [0, 0.1) is 40.0 Å². The van der Waals surface area contributed by atoms with E-state index in [1.54, 1.807) is 0 Å². The maximum Gasteiger partial charge on any atom is 4.00 e. The summed E-state index contributed by atoms with van der Waals surface area (Å²) in [7, 11) is 8.08. The molecule has 0 bridgehead atoms. The first-order chi connectivity index (χ1) is 36.7. The number of aromatic nitrogens is 4. The Morgan fingerprint density at radius 2 is 0.636 bits per heavy atom. The standard InChI is InChI=1S/2C19H30N4.2C9H14N4.CH4.2HI.2Pt/c2*1-3-7-18(8-4-1)22-13-11-20(16-22)15-21-12-14-23(17-21)19-9-5-2-6-10-19;2*1-10-3-5-12(7-10)9-13-6-4-11(2)8-13;;;;;/h2*11-14,16-19H,1-10,15H2;2*3-8H,9H2,1-2H3;1H4;2*1H;;/q3*-2;+2;;;;2*+4/p-2. The number of aryl methyl sites for hydroxylation is 2. The summed E-state index contributed by atoms with van der Waals surface area (Å²) in [5.74, 6) is 0. The van der Waals surface area contributed by atoms with E-state index < -0.39 is 0 Å². The molecule has 2 aromatic heterocycles. The minimum atomic E-state index is 0. The summed E-state index contributed by atoms with van der Waals surface area (Å²) in [6, 6.07) is 2.90. The third-order valence-electron chi connectivity index (χ3n) is 15.4. The average molecular weight is 1650 g/mol. The molecule has 432 valence electrons. The Hall–Kier alpha value is -2.70. The van der Waals surface area contributed by atoms with Crippen molar-refractivity contribution in [3.63, 3.8) is 0 Å². The first-order valence-corrected chi connectivity index (χ1v) is 40.7. The Morgan fingerprint density at radius 1 is 0.390 bits per heavy atom. The molecule has 0 radical (unpaired) electrons. The van der Waals surface area contributed by atoms with Gasteiger partial charge in [0.2, 0.25) is 19.3 Å². The van der Waals surface area contributed by atoms with E-state index in [-0.39, 0.29) is 28.5 Å². The monoisotopic (exact) mass is 1640 g/mol. The van der Waals surface area contributed by atoms with Crippen molar-refractivity contribution in [2.75, 3.05) is 34.1 Å². The predicted octanol–water partition coefficient (Wildman–Crippen LogP) is 10.5. The molecule has 0 spiro atoms. The topological polar surface area (TPSA) is 56.5 Å². The normalized spacial score (nSPS) is 21.6. The largest absolute Gasteiger partial charge is 4.00 e. The Kier molecular flexibility index (Phi) is 28.0. The van der Waals surface area contributed by atoms with Gasteiger partial charge in [-0.1, -0.05) is 84.5 Å². The number of halogens is 2. The molecule has 0 amide bonds. The van der Waals surface area contributed by atoms with Crippen LogP contribution in [0.15, 0.2) is 112 Å². The smallest absolute Gasteiger partial charge is 4.00 e. The predicted molar refractivity (Wildman–Crippen MR) is 318 cm³/mol. The van der Waals surface area contributed by atoms with E-state index in [4.69, 9.17) is 0 Å². The van der Waals surface area contributed by atoms with Gasteiger partial charge in [0, 0.05) is 44.2 Å². The van der Waals surface area contributed by atoms with Crippen molar-refractivity contribution in [3.8, 4) is 0 Å². The van der Waals surface area contributed by atoms with E-state index >= 15 is 0 Å². The van der Waals surface area contributed by atoms with Gasteiger partial charge in [-0.25, -0.2) is 9.13 Å². The summed E-state index contributed by atoms with van der Waals surface area (Å²) in [6.45, 7) is 16.8. The van der Waals surface area contributed by atoms with Crippen molar-refractivity contribution in [3.05, 3.63) is 152 Å². The van der Waals surface area contributed by atoms with Crippen molar-refractivity contribution in [1.29, 1.82) is 0 Å². The van der Waals surface area contributed by atoms with Crippen LogP contribution in [0.3, 0.4) is 0 Å². The molecule has 10 aliphatic rings. The van der Waals surface area contributed by atoms with Gasteiger partial charge in [0.25, 0.3) is 0 Å². The molecular formula is C57H92I2N16Pt2+2. The van der Waals surface area contributed by atoms with Crippen LogP contribution in [0.5, 0.6) is 0 Å². The fourth-order valence-electron chi connectivity index (χ4n) is 11.5. The molecule has 16 nitrogen and oxygen atoms in total. The first-order valence-electron chi connectivity index (χ1n) is 27.8. The van der Waals surface area contributed by atoms with Crippen LogP contribution in [-0.2, 0) is 53.0 Å². The third kappa shape index (κ3) is 21.0. The van der Waals surface area contributed by atoms with Gasteiger partial charge in [-0.15, -0.1) is 0 Å². The van der Waals surface area contributed by atoms with Gasteiger partial charge in [-0.05, 0) is 140 Å². The van der Waals surface area contributed by atoms with E-state index in [1.165, 1.54) is 128 Å². The van der Waals surface area contributed by atoms with E-state index in [0.29, 0.717) is 11.2 Å². The Balaban J connectivity index is 0.000000167. The zero-order chi connectivity index (χ0) is 52.2. The van der Waals surface area contributed by atoms with Crippen molar-refractivity contribution in [2.45, 2.75) is 167 Å². The second kappa shape index (κ2) is 33.9. The molecule has 4 fully saturated rings. The molecule has 6 aliphatic heterocycles. The fraction of sp³-hybridized carbons (Fsp3) is 0.579. The maximum atomic E-state index is 2.43.